The molecule has 4 rings (SSSR count). The fourth-order valence-electron chi connectivity index (χ4n) is 3.72. The van der Waals surface area contributed by atoms with Crippen LogP contribution in [0.25, 0.3) is 5.69 Å². The molecule has 31 heavy (non-hydrogen) atoms. The van der Waals surface area contributed by atoms with Gasteiger partial charge in [0.05, 0.1) is 18.9 Å². The predicted octanol–water partition coefficient (Wildman–Crippen LogP) is 1.39. The van der Waals surface area contributed by atoms with Crippen LogP contribution in [0.1, 0.15) is 24.2 Å². The largest absolute Gasteiger partial charge is 0.622 e. The summed E-state index contributed by atoms with van der Waals surface area (Å²) in [4.78, 5) is 15.3. The molecule has 1 amide bonds. The first-order chi connectivity index (χ1) is 14.9. The van der Waals surface area contributed by atoms with Gasteiger partial charge in [0.1, 0.15) is 24.8 Å². The molecule has 1 N–H and O–H groups in total. The van der Waals surface area contributed by atoms with E-state index in [4.69, 9.17) is 4.74 Å². The minimum atomic E-state index is -0.684. The zero-order chi connectivity index (χ0) is 21.8. The number of benzene rings is 1. The molecule has 2 aliphatic rings. The highest BCUT2D eigenvalue weighted by Crippen LogP contribution is 2.29. The van der Waals surface area contributed by atoms with E-state index in [1.807, 2.05) is 19.9 Å². The lowest BCUT2D eigenvalue weighted by Crippen LogP contribution is -2.46. The molecule has 3 heterocycles. The van der Waals surface area contributed by atoms with Gasteiger partial charge in [-0.15, -0.1) is 5.10 Å². The normalized spacial score (nSPS) is 22.7. The topological polar surface area (TPSA) is 108 Å². The van der Waals surface area contributed by atoms with Crippen LogP contribution in [-0.4, -0.2) is 76.4 Å². The summed E-state index contributed by atoms with van der Waals surface area (Å²) in [6.45, 7) is 8.06. The molecule has 0 spiro atoms. The standard InChI is InChI=1S/C21H27N7O3/c1-16-3-7-28(30,8-4-16)20-12-18(11-19(13-20)27-15-22-24-25-27)21(29)23-17(2)14-26-5-9-31-10-6-26/h3-4,7,11-13,15,17H,5-6,8-10,14H2,1-2H3,(H,23,29). The van der Waals surface area contributed by atoms with Crippen molar-refractivity contribution in [2.24, 2.45) is 0 Å². The van der Waals surface area contributed by atoms with Gasteiger partial charge in [0.25, 0.3) is 5.91 Å². The number of allylic oxidation sites excluding steroid dienone is 2. The number of tetrazole rings is 1. The Balaban J connectivity index is 1.58. The number of hydrogen-bond donors (Lipinski definition) is 1. The molecule has 2 atom stereocenters. The summed E-state index contributed by atoms with van der Waals surface area (Å²) in [6, 6.07) is 5.01. The smallest absolute Gasteiger partial charge is 0.251 e. The average molecular weight is 425 g/mol. The number of morpholine rings is 1. The van der Waals surface area contributed by atoms with Crippen molar-refractivity contribution >= 4 is 11.6 Å². The minimum Gasteiger partial charge on any atom is -0.622 e. The SMILES string of the molecule is CC1=CC[N+]([O-])(c2cc(C(=O)NC(C)CN3CCOCC3)cc(-n3cnnn3)c2)C=C1. The number of carbonyl (C=O) groups is 1. The third-order valence-electron chi connectivity index (χ3n) is 5.49. The van der Waals surface area contributed by atoms with E-state index in [0.29, 0.717) is 30.2 Å². The molecule has 2 aromatic rings. The molecule has 2 unspecified atom stereocenters. The van der Waals surface area contributed by atoms with Crippen LogP contribution < -0.4 is 9.96 Å². The van der Waals surface area contributed by atoms with Crippen LogP contribution in [0.15, 0.2) is 48.5 Å². The van der Waals surface area contributed by atoms with E-state index >= 15 is 0 Å². The first kappa shape index (κ1) is 21.3. The Morgan fingerprint density at radius 3 is 2.81 bits per heavy atom. The Morgan fingerprint density at radius 2 is 2.13 bits per heavy atom. The molecule has 10 heteroatoms. The zero-order valence-corrected chi connectivity index (χ0v) is 17.8. The van der Waals surface area contributed by atoms with Crippen molar-refractivity contribution in [3.05, 3.63) is 59.2 Å². The van der Waals surface area contributed by atoms with Crippen molar-refractivity contribution in [1.82, 2.24) is 35.1 Å². The molecule has 1 aromatic heterocycles. The van der Waals surface area contributed by atoms with Gasteiger partial charge in [0.15, 0.2) is 0 Å². The summed E-state index contributed by atoms with van der Waals surface area (Å²) in [5, 5.41) is 27.7. The Kier molecular flexibility index (Phi) is 6.23. The highest BCUT2D eigenvalue weighted by atomic mass is 16.5. The predicted molar refractivity (Wildman–Crippen MR) is 116 cm³/mol. The number of amides is 1. The van der Waals surface area contributed by atoms with Crippen LogP contribution in [-0.2, 0) is 4.74 Å². The van der Waals surface area contributed by atoms with Gasteiger partial charge in [-0.3, -0.25) is 14.3 Å². The molecule has 2 aliphatic heterocycles. The van der Waals surface area contributed by atoms with Crippen LogP contribution in [0.4, 0.5) is 5.69 Å². The summed E-state index contributed by atoms with van der Waals surface area (Å²) >= 11 is 0. The molecule has 0 radical (unpaired) electrons. The van der Waals surface area contributed by atoms with Crippen LogP contribution in [0.3, 0.4) is 0 Å². The molecule has 10 nitrogen and oxygen atoms in total. The molecular formula is C21H27N7O3. The summed E-state index contributed by atoms with van der Waals surface area (Å²) in [5.41, 5.74) is 2.43. The van der Waals surface area contributed by atoms with Crippen molar-refractivity contribution in [2.45, 2.75) is 19.9 Å². The fourth-order valence-corrected chi connectivity index (χ4v) is 3.72. The maximum Gasteiger partial charge on any atom is 0.251 e. The second-order valence-corrected chi connectivity index (χ2v) is 8.02. The maximum absolute atomic E-state index is 13.4. The molecule has 1 fully saturated rings. The van der Waals surface area contributed by atoms with Crippen molar-refractivity contribution in [3.8, 4) is 5.69 Å². The zero-order valence-electron chi connectivity index (χ0n) is 17.8. The lowest BCUT2D eigenvalue weighted by molar-refractivity contribution is 0.0342. The Bertz CT molecular complexity index is 983. The van der Waals surface area contributed by atoms with Crippen LogP contribution in [0.5, 0.6) is 0 Å². The number of hydrogen-bond acceptors (Lipinski definition) is 7. The lowest BCUT2D eigenvalue weighted by Gasteiger charge is -2.39. The van der Waals surface area contributed by atoms with Crippen molar-refractivity contribution in [1.29, 1.82) is 0 Å². The van der Waals surface area contributed by atoms with Gasteiger partial charge < -0.3 is 15.3 Å². The minimum absolute atomic E-state index is 0.0541. The number of carbonyl (C=O) groups excluding carboxylic acids is 1. The maximum atomic E-state index is 13.4. The number of nitrogens with zero attached hydrogens (tertiary/aromatic N) is 6. The molecule has 0 aliphatic carbocycles. The molecule has 0 saturated carbocycles. The van der Waals surface area contributed by atoms with Crippen molar-refractivity contribution in [2.75, 3.05) is 39.4 Å². The summed E-state index contributed by atoms with van der Waals surface area (Å²) < 4.78 is 6.14. The van der Waals surface area contributed by atoms with E-state index in [0.717, 1.165) is 25.2 Å². The molecule has 1 aromatic carbocycles. The number of rotatable bonds is 6. The molecule has 0 bridgehead atoms. The van der Waals surface area contributed by atoms with Crippen LogP contribution in [0, 0.1) is 5.21 Å². The number of aromatic nitrogens is 4. The Labute approximate surface area is 180 Å². The van der Waals surface area contributed by atoms with Gasteiger partial charge in [0.2, 0.25) is 0 Å². The van der Waals surface area contributed by atoms with Gasteiger partial charge >= 0.3 is 0 Å². The van der Waals surface area contributed by atoms with Crippen molar-refractivity contribution in [3.63, 3.8) is 0 Å². The monoisotopic (exact) mass is 425 g/mol. The second kappa shape index (κ2) is 9.06. The Morgan fingerprint density at radius 1 is 1.32 bits per heavy atom. The van der Waals surface area contributed by atoms with E-state index < -0.39 is 4.65 Å². The van der Waals surface area contributed by atoms with E-state index in [-0.39, 0.29) is 18.5 Å². The highest BCUT2D eigenvalue weighted by Gasteiger charge is 2.24. The van der Waals surface area contributed by atoms with Gasteiger partial charge in [0, 0.05) is 43.4 Å². The third-order valence-corrected chi connectivity index (χ3v) is 5.49. The quantitative estimate of drug-likeness (QED) is 0.550. The van der Waals surface area contributed by atoms with Gasteiger partial charge in [-0.05, 0) is 48.1 Å². The van der Waals surface area contributed by atoms with E-state index in [1.54, 1.807) is 30.5 Å². The fraction of sp³-hybridized carbons (Fsp3) is 0.429. The van der Waals surface area contributed by atoms with Gasteiger partial charge in [-0.1, -0.05) is 0 Å². The third kappa shape index (κ3) is 5.05. The number of hydroxylamine groups is 2. The summed E-state index contributed by atoms with van der Waals surface area (Å²) in [7, 11) is 0. The van der Waals surface area contributed by atoms with Gasteiger partial charge in [-0.25, -0.2) is 4.68 Å². The first-order valence-corrected chi connectivity index (χ1v) is 10.4. The lowest BCUT2D eigenvalue weighted by atomic mass is 10.1. The number of nitrogens with one attached hydrogen (secondary N) is 1. The number of ether oxygens (including phenoxy) is 1. The molecule has 164 valence electrons. The van der Waals surface area contributed by atoms with Crippen molar-refractivity contribution < 1.29 is 9.53 Å². The second-order valence-electron chi connectivity index (χ2n) is 8.02. The van der Waals surface area contributed by atoms with E-state index in [1.165, 1.54) is 11.0 Å². The molecule has 1 saturated heterocycles. The average Bonchev–Trinajstić information content (AvgIpc) is 3.31. The molecular weight excluding hydrogens is 398 g/mol. The Hall–Kier alpha value is -2.92. The van der Waals surface area contributed by atoms with Gasteiger partial charge in [-0.2, -0.15) is 0 Å². The van der Waals surface area contributed by atoms with Crippen LogP contribution >= 0.6 is 0 Å². The van der Waals surface area contributed by atoms with E-state index in [9.17, 15) is 10.0 Å². The highest BCUT2D eigenvalue weighted by molar-refractivity contribution is 5.96. The first-order valence-electron chi connectivity index (χ1n) is 10.4. The van der Waals surface area contributed by atoms with E-state index in [2.05, 4.69) is 25.7 Å². The summed E-state index contributed by atoms with van der Waals surface area (Å²) in [6.07, 6.45) is 6.72. The number of quaternary nitrogens is 1. The summed E-state index contributed by atoms with van der Waals surface area (Å²) in [5.74, 6) is -0.240. The van der Waals surface area contributed by atoms with Crippen LogP contribution in [0.2, 0.25) is 0 Å².